The van der Waals surface area contributed by atoms with Gasteiger partial charge in [-0.1, -0.05) is 39.5 Å². The molecule has 0 aromatic rings. The first-order valence-corrected chi connectivity index (χ1v) is 16.8. The van der Waals surface area contributed by atoms with Crippen molar-refractivity contribution in [3.05, 3.63) is 72.9 Å². The van der Waals surface area contributed by atoms with E-state index >= 15 is 61.5 Å². The molecule has 0 atom stereocenters. The number of halogens is 14. The van der Waals surface area contributed by atoms with Gasteiger partial charge in [-0.3, -0.25) is 0 Å². The lowest BCUT2D eigenvalue weighted by Gasteiger charge is -2.76. The van der Waals surface area contributed by atoms with Crippen LogP contribution in [0.4, 0.5) is 61.5 Å². The van der Waals surface area contributed by atoms with Gasteiger partial charge in [-0.15, -0.1) is 0 Å². The van der Waals surface area contributed by atoms with Crippen LogP contribution in [0.15, 0.2) is 72.9 Å². The van der Waals surface area contributed by atoms with Gasteiger partial charge in [0.25, 0.3) is 11.2 Å². The first-order chi connectivity index (χ1) is 28.4. The maximum absolute atomic E-state index is 17.7. The van der Waals surface area contributed by atoms with Crippen LogP contribution in [0.5, 0.6) is 0 Å². The zero-order valence-corrected chi connectivity index (χ0v) is 33.2. The molecule has 4 aliphatic rings. The van der Waals surface area contributed by atoms with E-state index in [1.807, 2.05) is 0 Å². The molecule has 4 bridgehead atoms. The average Bonchev–Trinajstić information content (AvgIpc) is 3.12. The Kier molecular flexibility index (Phi) is 12.2. The number of esters is 6. The Bertz CT molecular complexity index is 1890. The predicted octanol–water partition coefficient (Wildman–Crippen LogP) is 6.70. The summed E-state index contributed by atoms with van der Waals surface area (Å²) in [7, 11) is 0. The molecular formula is C36H30F14O14. The molecule has 0 heterocycles. The van der Waals surface area contributed by atoms with E-state index < -0.39 is 140 Å². The smallest absolute Gasteiger partial charge is 0.359 e. The third-order valence-corrected chi connectivity index (χ3v) is 9.20. The summed E-state index contributed by atoms with van der Waals surface area (Å²) in [5.41, 5.74) is -40.7. The normalized spacial score (nSPS) is 28.3. The van der Waals surface area contributed by atoms with E-state index in [0.717, 1.165) is 0 Å². The molecule has 0 spiro atoms. The zero-order valence-electron chi connectivity index (χ0n) is 33.2. The molecule has 0 amide bonds. The van der Waals surface area contributed by atoms with Gasteiger partial charge < -0.3 is 28.4 Å². The van der Waals surface area contributed by atoms with E-state index in [0.29, 0.717) is 41.5 Å². The van der Waals surface area contributed by atoms with Crippen molar-refractivity contribution in [1.82, 2.24) is 0 Å². The summed E-state index contributed by atoms with van der Waals surface area (Å²) in [6, 6.07) is 0. The second kappa shape index (κ2) is 14.9. The van der Waals surface area contributed by atoms with Crippen LogP contribution in [0.1, 0.15) is 41.5 Å². The molecule has 0 aliphatic heterocycles. The maximum Gasteiger partial charge on any atom is 0.568 e. The standard InChI is InChI=1S/C36H30F14O14/c1-13(2)19(51)57-35(58-20(52)14(3)4,59-21(53)15(5)6)63-27-30(41,42)25(37)29(39,40)26(38,31(27,43)44)33(47,48)28(32(25,45)46,34(27,49)50)64-36(60-22(54)16(7)8,61-23(55)17(9)10)62-24(56)18(11)12/h1,3,5,7,9,11H2,2,4,6,8,10,12H3. The Balaban J connectivity index is 2.90. The lowest BCUT2D eigenvalue weighted by molar-refractivity contribution is -0.669. The fourth-order valence-corrected chi connectivity index (χ4v) is 6.03. The quantitative estimate of drug-likeness (QED) is 0.0691. The van der Waals surface area contributed by atoms with Crippen LogP contribution in [0.2, 0.25) is 0 Å². The van der Waals surface area contributed by atoms with Crippen molar-refractivity contribution in [1.29, 1.82) is 0 Å². The summed E-state index contributed by atoms with van der Waals surface area (Å²) < 4.78 is 269. The lowest BCUT2D eigenvalue weighted by Crippen LogP contribution is -3.11. The van der Waals surface area contributed by atoms with E-state index in [1.54, 1.807) is 0 Å². The number of hydrogen-bond acceptors (Lipinski definition) is 14. The van der Waals surface area contributed by atoms with Gasteiger partial charge in [0.2, 0.25) is 0 Å². The Labute approximate surface area is 349 Å². The van der Waals surface area contributed by atoms with Gasteiger partial charge in [-0.05, 0) is 41.5 Å². The topological polar surface area (TPSA) is 176 Å². The summed E-state index contributed by atoms with van der Waals surface area (Å²) in [5.74, 6) is -66.2. The molecule has 4 aliphatic carbocycles. The van der Waals surface area contributed by atoms with Gasteiger partial charge in [0.1, 0.15) is 0 Å². The molecule has 0 radical (unpaired) electrons. The summed E-state index contributed by atoms with van der Waals surface area (Å²) in [6.45, 7) is 19.9. The van der Waals surface area contributed by atoms with Crippen LogP contribution < -0.4 is 0 Å². The fourth-order valence-electron chi connectivity index (χ4n) is 6.03. The van der Waals surface area contributed by atoms with Gasteiger partial charge in [0, 0.05) is 33.4 Å². The van der Waals surface area contributed by atoms with Gasteiger partial charge in [-0.25, -0.2) is 47.0 Å². The summed E-state index contributed by atoms with van der Waals surface area (Å²) >= 11 is 0. The molecule has 0 aromatic carbocycles. The third kappa shape index (κ3) is 6.05. The van der Waals surface area contributed by atoms with Crippen LogP contribution in [0.25, 0.3) is 0 Å². The van der Waals surface area contributed by atoms with Gasteiger partial charge in [0.15, 0.2) is 0 Å². The van der Waals surface area contributed by atoms with Crippen molar-refractivity contribution in [2.45, 2.75) is 112 Å². The summed E-state index contributed by atoms with van der Waals surface area (Å²) in [4.78, 5) is 76.8. The molecule has 4 rings (SSSR count). The molecule has 0 aromatic heterocycles. The SMILES string of the molecule is C=C(C)C(=O)OC(OC(=O)C(=C)C)(OC(=O)C(=C)C)OC12C(F)(F)C3(F)C(F)(F)C(F)(C1(F)F)C(F)(F)C(OC(OC(=O)C(=C)C)(OC(=O)C(=C)C)OC(=O)C(=C)C)(C3(F)F)C2(F)F. The van der Waals surface area contributed by atoms with Crippen LogP contribution in [0, 0.1) is 0 Å². The van der Waals surface area contributed by atoms with Crippen molar-refractivity contribution in [2.75, 3.05) is 0 Å². The number of carbonyl (C=O) groups is 6. The van der Waals surface area contributed by atoms with Crippen LogP contribution in [-0.4, -0.2) is 106 Å². The van der Waals surface area contributed by atoms with Gasteiger partial charge in [0.05, 0.1) is 0 Å². The number of carbonyl (C=O) groups excluding carboxylic acids is 6. The lowest BCUT2D eigenvalue weighted by atomic mass is 9.39. The highest BCUT2D eigenvalue weighted by Crippen LogP contribution is 2.89. The first-order valence-electron chi connectivity index (χ1n) is 16.8. The number of alkyl halides is 14. The summed E-state index contributed by atoms with van der Waals surface area (Å²) in [6.07, 6.45) is -11.7. The van der Waals surface area contributed by atoms with Crippen molar-refractivity contribution in [2.24, 2.45) is 0 Å². The molecule has 0 unspecified atom stereocenters. The van der Waals surface area contributed by atoms with Crippen molar-refractivity contribution >= 4 is 35.8 Å². The molecular weight excluding hydrogens is 922 g/mol. The second-order valence-electron chi connectivity index (χ2n) is 14.3. The molecule has 0 saturated heterocycles. The van der Waals surface area contributed by atoms with Crippen LogP contribution in [0.3, 0.4) is 0 Å². The Morgan fingerprint density at radius 2 is 0.469 bits per heavy atom. The third-order valence-electron chi connectivity index (χ3n) is 9.20. The van der Waals surface area contributed by atoms with Crippen molar-refractivity contribution < 1.29 is 128 Å². The molecule has 4 fully saturated rings. The van der Waals surface area contributed by atoms with E-state index in [1.165, 1.54) is 0 Å². The highest BCUT2D eigenvalue weighted by molar-refractivity contribution is 5.91. The Hall–Kier alpha value is -5.80. The predicted molar refractivity (Wildman–Crippen MR) is 176 cm³/mol. The monoisotopic (exact) mass is 952 g/mol. The Morgan fingerprint density at radius 3 is 0.609 bits per heavy atom. The van der Waals surface area contributed by atoms with E-state index in [2.05, 4.69) is 77.4 Å². The fraction of sp³-hybridized carbons (Fsp3) is 0.500. The Morgan fingerprint density at radius 1 is 0.312 bits per heavy atom. The van der Waals surface area contributed by atoms with Crippen molar-refractivity contribution in [3.63, 3.8) is 0 Å². The molecule has 28 heteroatoms. The zero-order chi connectivity index (χ0) is 50.6. The van der Waals surface area contributed by atoms with E-state index in [-0.39, 0.29) is 0 Å². The molecule has 64 heavy (non-hydrogen) atoms. The van der Waals surface area contributed by atoms with Crippen LogP contribution >= 0.6 is 0 Å². The highest BCUT2D eigenvalue weighted by Gasteiger charge is 3.24. The molecule has 0 N–H and O–H groups in total. The first kappa shape index (κ1) is 52.5. The maximum atomic E-state index is 17.7. The largest absolute Gasteiger partial charge is 0.568 e. The van der Waals surface area contributed by atoms with Crippen molar-refractivity contribution in [3.8, 4) is 0 Å². The molecule has 14 nitrogen and oxygen atoms in total. The minimum absolute atomic E-state index is 0.471. The second-order valence-corrected chi connectivity index (χ2v) is 14.3. The number of hydrogen-bond donors (Lipinski definition) is 0. The van der Waals surface area contributed by atoms with E-state index in [9.17, 15) is 28.8 Å². The average molecular weight is 953 g/mol. The highest BCUT2D eigenvalue weighted by atomic mass is 19.3. The van der Waals surface area contributed by atoms with Crippen LogP contribution in [-0.2, 0) is 66.7 Å². The minimum Gasteiger partial charge on any atom is -0.359 e. The number of rotatable bonds is 16. The van der Waals surface area contributed by atoms with Gasteiger partial charge in [-0.2, -0.15) is 52.7 Å². The summed E-state index contributed by atoms with van der Waals surface area (Å²) in [5, 5.41) is 0. The number of ether oxygens (including phenoxy) is 8. The molecule has 356 valence electrons. The van der Waals surface area contributed by atoms with Gasteiger partial charge >= 0.3 is 95.0 Å². The molecule has 4 saturated carbocycles. The minimum atomic E-state index is -8.51. The van der Waals surface area contributed by atoms with E-state index in [4.69, 9.17) is 0 Å².